The van der Waals surface area contributed by atoms with Crippen molar-refractivity contribution in [3.8, 4) is 0 Å². The van der Waals surface area contributed by atoms with Crippen LogP contribution in [0.15, 0.2) is 48.8 Å². The number of nitrogens with two attached hydrogens (primary N) is 2. The van der Waals surface area contributed by atoms with Gasteiger partial charge in [-0.1, -0.05) is 6.07 Å². The van der Waals surface area contributed by atoms with Crippen molar-refractivity contribution < 1.29 is 22.7 Å². The number of ether oxygens (including phenoxy) is 1. The third-order valence-electron chi connectivity index (χ3n) is 6.97. The normalized spacial score (nSPS) is 13.9. The van der Waals surface area contributed by atoms with Crippen LogP contribution in [0.2, 0.25) is 0 Å². The number of carbonyl (C=O) groups excluding carboxylic acids is 1. The van der Waals surface area contributed by atoms with Gasteiger partial charge in [0.25, 0.3) is 12.3 Å². The van der Waals surface area contributed by atoms with E-state index in [2.05, 4.69) is 20.6 Å². The molecule has 228 valence electrons. The third kappa shape index (κ3) is 8.24. The van der Waals surface area contributed by atoms with Crippen molar-refractivity contribution in [1.29, 1.82) is 0 Å². The molecule has 1 fully saturated rings. The van der Waals surface area contributed by atoms with Crippen LogP contribution in [0.5, 0.6) is 0 Å². The lowest BCUT2D eigenvalue weighted by molar-refractivity contribution is 0.0398. The van der Waals surface area contributed by atoms with Crippen molar-refractivity contribution >= 4 is 28.7 Å². The maximum atomic E-state index is 13.9. The number of hydrogen-bond acceptors (Lipinski definition) is 8. The summed E-state index contributed by atoms with van der Waals surface area (Å²) in [6, 6.07) is 9.49. The van der Waals surface area contributed by atoms with Crippen molar-refractivity contribution in [3.05, 3.63) is 76.7 Å². The summed E-state index contributed by atoms with van der Waals surface area (Å²) < 4.78 is 44.3. The lowest BCUT2D eigenvalue weighted by Gasteiger charge is -2.26. The van der Waals surface area contributed by atoms with Gasteiger partial charge in [-0.05, 0) is 49.7 Å². The average Bonchev–Trinajstić information content (AvgIpc) is 3.33. The zero-order chi connectivity index (χ0) is 30.8. The average molecular weight is 589 g/mol. The van der Waals surface area contributed by atoms with Gasteiger partial charge in [0.1, 0.15) is 0 Å². The van der Waals surface area contributed by atoms with Crippen molar-refractivity contribution in [2.24, 2.45) is 18.6 Å². The summed E-state index contributed by atoms with van der Waals surface area (Å²) in [5.41, 5.74) is 10.4. The smallest absolute Gasteiger partial charge is 0.265 e. The molecule has 2 heterocycles. The van der Waals surface area contributed by atoms with Crippen LogP contribution in [0.4, 0.5) is 30.2 Å². The highest BCUT2D eigenvalue weighted by Gasteiger charge is 2.17. The molecule has 4 rings (SSSR count). The number of anilines is 3. The zero-order valence-electron chi connectivity index (χ0n) is 24.3. The number of nitrogens with zero attached hydrogens (tertiary/aromatic N) is 4. The molecule has 0 spiro atoms. The molecule has 42 heavy (non-hydrogen) atoms. The number of aromatic nitrogens is 2. The number of morpholine rings is 1. The van der Waals surface area contributed by atoms with E-state index in [1.54, 1.807) is 47.4 Å². The van der Waals surface area contributed by atoms with Gasteiger partial charge in [0.2, 0.25) is 0 Å². The Morgan fingerprint density at radius 2 is 1.88 bits per heavy atom. The topological polar surface area (TPSA) is 127 Å². The molecule has 1 aromatic heterocycles. The van der Waals surface area contributed by atoms with Crippen LogP contribution < -0.4 is 27.2 Å². The molecule has 2 aromatic carbocycles. The highest BCUT2D eigenvalue weighted by molar-refractivity contribution is 6.05. The van der Waals surface area contributed by atoms with Gasteiger partial charge in [-0.15, -0.1) is 0 Å². The lowest BCUT2D eigenvalue weighted by atomic mass is 10.1. The molecule has 0 radical (unpaired) electrons. The summed E-state index contributed by atoms with van der Waals surface area (Å²) in [6.45, 7) is 8.00. The molecule has 1 amide bonds. The van der Waals surface area contributed by atoms with Crippen molar-refractivity contribution in [2.45, 2.75) is 20.3 Å². The fraction of sp³-hybridized carbons (Fsp3) is 0.379. The molecule has 13 heteroatoms. The summed E-state index contributed by atoms with van der Waals surface area (Å²) in [7, 11) is 2.32. The van der Waals surface area contributed by atoms with Crippen LogP contribution in [-0.2, 0) is 11.8 Å². The Balaban J connectivity index is 0.00000237. The van der Waals surface area contributed by atoms with Crippen LogP contribution in [0, 0.1) is 13.8 Å². The summed E-state index contributed by atoms with van der Waals surface area (Å²) in [4.78, 5) is 15.3. The molecule has 0 unspecified atom stereocenters. The molecule has 1 aliphatic heterocycles. The third-order valence-corrected chi connectivity index (χ3v) is 6.97. The fourth-order valence-corrected chi connectivity index (χ4v) is 4.46. The van der Waals surface area contributed by atoms with E-state index >= 15 is 0 Å². The molecule has 1 saturated heterocycles. The van der Waals surface area contributed by atoms with Crippen molar-refractivity contribution in [2.75, 3.05) is 62.2 Å². The predicted octanol–water partition coefficient (Wildman–Crippen LogP) is 4.19. The van der Waals surface area contributed by atoms with Crippen LogP contribution >= 0.6 is 0 Å². The van der Waals surface area contributed by atoms with Crippen LogP contribution in [0.1, 0.15) is 39.2 Å². The number of nitrogens with one attached hydrogen (secondary N) is 2. The van der Waals surface area contributed by atoms with Crippen LogP contribution in [-0.4, -0.2) is 67.2 Å². The largest absolute Gasteiger partial charge is 0.397 e. The highest BCUT2D eigenvalue weighted by Crippen LogP contribution is 2.30. The predicted molar refractivity (Wildman–Crippen MR) is 160 cm³/mol. The maximum absolute atomic E-state index is 13.9. The first-order chi connectivity index (χ1) is 20.1. The number of amides is 1. The minimum Gasteiger partial charge on any atom is -0.397 e. The molecule has 6 N–H and O–H groups in total. The number of hydrazine groups is 1. The Morgan fingerprint density at radius 1 is 1.17 bits per heavy atom. The number of hydrogen-bond donors (Lipinski definition) is 4. The Kier molecular flexibility index (Phi) is 11.8. The number of carbonyl (C=O) groups is 1. The maximum Gasteiger partial charge on any atom is 0.265 e. The first-order valence-corrected chi connectivity index (χ1v) is 13.4. The minimum atomic E-state index is -2.71. The van der Waals surface area contributed by atoms with Crippen LogP contribution in [0.3, 0.4) is 0 Å². The van der Waals surface area contributed by atoms with E-state index in [0.29, 0.717) is 49.6 Å². The first kappa shape index (κ1) is 32.4. The number of rotatable bonds is 10. The number of aryl methyl sites for hydroxylation is 2. The summed E-state index contributed by atoms with van der Waals surface area (Å²) in [5, 5.41) is 11.4. The molecule has 0 aliphatic carbocycles. The quantitative estimate of drug-likeness (QED) is 0.205. The van der Waals surface area contributed by atoms with Gasteiger partial charge in [-0.3, -0.25) is 23.8 Å². The van der Waals surface area contributed by atoms with Gasteiger partial charge in [-0.2, -0.15) is 5.10 Å². The number of alkyl halides is 3. The monoisotopic (exact) mass is 588 g/mol. The summed E-state index contributed by atoms with van der Waals surface area (Å²) in [6.07, 6.45) is 0.512. The number of halogens is 3. The summed E-state index contributed by atoms with van der Waals surface area (Å²) in [5.74, 6) is 5.83. The Morgan fingerprint density at radius 3 is 2.52 bits per heavy atom. The second kappa shape index (κ2) is 15.2. The van der Waals surface area contributed by atoms with Gasteiger partial charge in [0, 0.05) is 73.2 Å². The second-order valence-electron chi connectivity index (χ2n) is 9.70. The standard InChI is InChI=1S/C28H36F2N8O2.CH3F/c1-18-4-5-20(14-26(18)38(32)17-24(31)23-16-34-36(3)19(23)2)28(39)35-21-6-7-25(22(15-21)27(29)30)33-8-9-37-10-12-40-13-11-37;1-2/h4-7,14-17,27,33H,8-13,31-32H2,1-3H3,(H,35,39);1H3/b24-17-;. The van der Waals surface area contributed by atoms with E-state index in [0.717, 1.165) is 36.5 Å². The van der Waals surface area contributed by atoms with Crippen LogP contribution in [0.25, 0.3) is 5.70 Å². The van der Waals surface area contributed by atoms with Crippen molar-refractivity contribution in [1.82, 2.24) is 14.7 Å². The number of benzene rings is 2. The molecule has 1 aliphatic rings. The van der Waals surface area contributed by atoms with Gasteiger partial charge >= 0.3 is 0 Å². The van der Waals surface area contributed by atoms with E-state index in [9.17, 15) is 18.0 Å². The van der Waals surface area contributed by atoms with Gasteiger partial charge in [0.05, 0.1) is 38.0 Å². The van der Waals surface area contributed by atoms with E-state index in [-0.39, 0.29) is 11.3 Å². The molecular formula is C29H39F3N8O2. The first-order valence-electron chi connectivity index (χ1n) is 13.4. The van der Waals surface area contributed by atoms with Gasteiger partial charge in [0.15, 0.2) is 0 Å². The Bertz CT molecular complexity index is 1370. The highest BCUT2D eigenvalue weighted by atomic mass is 19.3. The summed E-state index contributed by atoms with van der Waals surface area (Å²) >= 11 is 0. The van der Waals surface area contributed by atoms with Crippen molar-refractivity contribution in [3.63, 3.8) is 0 Å². The lowest BCUT2D eigenvalue weighted by Crippen LogP contribution is -2.39. The molecular weight excluding hydrogens is 549 g/mol. The minimum absolute atomic E-state index is 0.177. The van der Waals surface area contributed by atoms with E-state index in [1.165, 1.54) is 11.1 Å². The van der Waals surface area contributed by atoms with Gasteiger partial charge < -0.3 is 21.1 Å². The molecule has 3 aromatic rings. The molecule has 0 saturated carbocycles. The second-order valence-corrected chi connectivity index (χ2v) is 9.70. The van der Waals surface area contributed by atoms with E-state index in [4.69, 9.17) is 16.3 Å². The van der Waals surface area contributed by atoms with Gasteiger partial charge in [-0.25, -0.2) is 14.6 Å². The molecule has 0 atom stereocenters. The van der Waals surface area contributed by atoms with E-state index in [1.807, 2.05) is 20.9 Å². The van der Waals surface area contributed by atoms with E-state index < -0.39 is 12.3 Å². The SMILES string of the molecule is CF.Cc1ccc(C(=O)Nc2ccc(NCCN3CCOCC3)c(C(F)F)c2)cc1N(N)/C=C(\N)c1cnn(C)c1C. The molecule has 10 nitrogen and oxygen atoms in total. The Labute approximate surface area is 244 Å². The zero-order valence-corrected chi connectivity index (χ0v) is 24.3. The Hall–Kier alpha value is -4.07. The fourth-order valence-electron chi connectivity index (χ4n) is 4.46. The molecule has 0 bridgehead atoms.